The van der Waals surface area contributed by atoms with E-state index in [9.17, 15) is 9.18 Å². The lowest BCUT2D eigenvalue weighted by Gasteiger charge is -2.11. The molecule has 0 aliphatic carbocycles. The average Bonchev–Trinajstić information content (AvgIpc) is 2.88. The Hall–Kier alpha value is -4.50. The minimum absolute atomic E-state index is 0.00597. The van der Waals surface area contributed by atoms with E-state index in [1.165, 1.54) is 0 Å². The molecule has 3 aromatic carbocycles. The monoisotopic (exact) mass is 473 g/mol. The number of hydrogen-bond donors (Lipinski definition) is 3. The van der Waals surface area contributed by atoms with Gasteiger partial charge in [0.2, 0.25) is 5.95 Å². The zero-order valence-electron chi connectivity index (χ0n) is 19.0. The van der Waals surface area contributed by atoms with Gasteiger partial charge in [-0.05, 0) is 54.6 Å². The number of halogens is 1. The van der Waals surface area contributed by atoms with Crippen LogP contribution in [-0.4, -0.2) is 36.2 Å². The number of hydrogen-bond acceptors (Lipinski definition) is 7. The minimum Gasteiger partial charge on any atom is -0.491 e. The average molecular weight is 474 g/mol. The largest absolute Gasteiger partial charge is 0.491 e. The molecule has 0 fully saturated rings. The van der Waals surface area contributed by atoms with Crippen LogP contribution in [-0.2, 0) is 4.74 Å². The van der Waals surface area contributed by atoms with Gasteiger partial charge in [-0.1, -0.05) is 24.3 Å². The van der Waals surface area contributed by atoms with E-state index in [0.717, 1.165) is 6.20 Å². The topological polar surface area (TPSA) is 97.4 Å². The fraction of sp³-hybridized carbons (Fsp3) is 0.115. The summed E-state index contributed by atoms with van der Waals surface area (Å²) in [5.74, 6) is 0.0620. The third-order valence-corrected chi connectivity index (χ3v) is 4.83. The number of ether oxygens (including phenoxy) is 2. The Morgan fingerprint density at radius 2 is 1.66 bits per heavy atom. The van der Waals surface area contributed by atoms with Crippen molar-refractivity contribution in [2.24, 2.45) is 0 Å². The molecule has 0 spiro atoms. The fourth-order valence-electron chi connectivity index (χ4n) is 3.13. The van der Waals surface area contributed by atoms with Crippen molar-refractivity contribution >= 4 is 34.7 Å². The van der Waals surface area contributed by atoms with Gasteiger partial charge < -0.3 is 25.4 Å². The van der Waals surface area contributed by atoms with Gasteiger partial charge in [-0.15, -0.1) is 0 Å². The molecule has 0 aliphatic heterocycles. The lowest BCUT2D eigenvalue weighted by Crippen LogP contribution is -2.11. The summed E-state index contributed by atoms with van der Waals surface area (Å²) in [5, 5.41) is 8.81. The van der Waals surface area contributed by atoms with Crippen molar-refractivity contribution in [1.82, 2.24) is 9.97 Å². The first-order chi connectivity index (χ1) is 17.1. The molecule has 0 saturated heterocycles. The number of carbonyl (C=O) groups excluding carboxylic acids is 1. The maximum absolute atomic E-state index is 14.4. The quantitative estimate of drug-likeness (QED) is 0.266. The van der Waals surface area contributed by atoms with Crippen LogP contribution in [0.2, 0.25) is 0 Å². The maximum Gasteiger partial charge on any atom is 0.255 e. The molecule has 0 atom stereocenters. The van der Waals surface area contributed by atoms with Crippen molar-refractivity contribution in [3.05, 3.63) is 96.4 Å². The molecule has 8 nitrogen and oxygen atoms in total. The Balaban J connectivity index is 1.42. The second kappa shape index (κ2) is 11.6. The van der Waals surface area contributed by atoms with E-state index < -0.39 is 5.82 Å². The smallest absolute Gasteiger partial charge is 0.255 e. The highest BCUT2D eigenvalue weighted by Gasteiger charge is 2.10. The summed E-state index contributed by atoms with van der Waals surface area (Å²) < 4.78 is 24.9. The van der Waals surface area contributed by atoms with E-state index in [1.54, 1.807) is 79.9 Å². The molecule has 1 amide bonds. The van der Waals surface area contributed by atoms with E-state index in [-0.39, 0.29) is 17.7 Å². The lowest BCUT2D eigenvalue weighted by molar-refractivity contribution is 0.102. The molecule has 4 aromatic rings. The molecule has 178 valence electrons. The first-order valence-corrected chi connectivity index (χ1v) is 10.9. The molecule has 3 N–H and O–H groups in total. The number of carbonyl (C=O) groups is 1. The number of rotatable bonds is 10. The summed E-state index contributed by atoms with van der Waals surface area (Å²) in [6.07, 6.45) is 1.08. The Labute approximate surface area is 202 Å². The summed E-state index contributed by atoms with van der Waals surface area (Å²) >= 11 is 0. The van der Waals surface area contributed by atoms with E-state index in [2.05, 4.69) is 25.9 Å². The molecular formula is C26H24FN5O3. The third-order valence-electron chi connectivity index (χ3n) is 4.83. The minimum atomic E-state index is -0.615. The molecule has 9 heteroatoms. The highest BCUT2D eigenvalue weighted by molar-refractivity contribution is 6.04. The number of methoxy groups -OCH3 is 1. The molecule has 0 aliphatic rings. The van der Waals surface area contributed by atoms with Crippen LogP contribution in [0.5, 0.6) is 5.75 Å². The third kappa shape index (κ3) is 6.75. The summed E-state index contributed by atoms with van der Waals surface area (Å²) in [6.45, 7) is 0.956. The number of nitrogens with one attached hydrogen (secondary N) is 3. The number of nitrogens with zero attached hydrogens (tertiary/aromatic N) is 2. The van der Waals surface area contributed by atoms with Gasteiger partial charge in [0.1, 0.15) is 12.4 Å². The van der Waals surface area contributed by atoms with Crippen LogP contribution in [0.3, 0.4) is 0 Å². The standard InChI is InChI=1S/C26H24FN5O3/c1-34-14-15-35-22-12-10-19(11-13-22)31-26-28-17-23(27)24(32-26)29-20-8-5-9-21(16-20)30-25(33)18-6-3-2-4-7-18/h2-13,16-17H,14-15H2,1H3,(H,30,33)(H2,28,29,31,32). The van der Waals surface area contributed by atoms with Gasteiger partial charge >= 0.3 is 0 Å². The predicted molar refractivity (Wildman–Crippen MR) is 133 cm³/mol. The number of benzene rings is 3. The van der Waals surface area contributed by atoms with Crippen molar-refractivity contribution in [2.45, 2.75) is 0 Å². The van der Waals surface area contributed by atoms with E-state index in [4.69, 9.17) is 9.47 Å². The van der Waals surface area contributed by atoms with Gasteiger partial charge in [0.05, 0.1) is 12.8 Å². The van der Waals surface area contributed by atoms with Gasteiger partial charge in [-0.25, -0.2) is 9.37 Å². The van der Waals surface area contributed by atoms with Crippen molar-refractivity contribution in [1.29, 1.82) is 0 Å². The number of aromatic nitrogens is 2. The molecule has 0 bridgehead atoms. The molecular weight excluding hydrogens is 449 g/mol. The van der Waals surface area contributed by atoms with Crippen molar-refractivity contribution in [2.75, 3.05) is 36.3 Å². The molecule has 35 heavy (non-hydrogen) atoms. The zero-order valence-corrected chi connectivity index (χ0v) is 19.0. The molecule has 4 rings (SSSR count). The maximum atomic E-state index is 14.4. The SMILES string of the molecule is COCCOc1ccc(Nc2ncc(F)c(Nc3cccc(NC(=O)c4ccccc4)c3)n2)cc1. The highest BCUT2D eigenvalue weighted by Crippen LogP contribution is 2.24. The van der Waals surface area contributed by atoms with Crippen LogP contribution in [0.15, 0.2) is 85.1 Å². The Kier molecular flexibility index (Phi) is 7.82. The van der Waals surface area contributed by atoms with Gasteiger partial charge in [-0.2, -0.15) is 4.98 Å². The number of anilines is 5. The van der Waals surface area contributed by atoms with Gasteiger partial charge in [0, 0.05) is 29.7 Å². The van der Waals surface area contributed by atoms with E-state index in [0.29, 0.717) is 41.6 Å². The fourth-order valence-corrected chi connectivity index (χ4v) is 3.13. The van der Waals surface area contributed by atoms with Gasteiger partial charge in [0.25, 0.3) is 5.91 Å². The second-order valence-corrected chi connectivity index (χ2v) is 7.41. The van der Waals surface area contributed by atoms with Crippen molar-refractivity contribution in [3.63, 3.8) is 0 Å². The summed E-state index contributed by atoms with van der Waals surface area (Å²) in [4.78, 5) is 20.7. The Morgan fingerprint density at radius 3 is 2.43 bits per heavy atom. The predicted octanol–water partition coefficient (Wildman–Crippen LogP) is 5.38. The summed E-state index contributed by atoms with van der Waals surface area (Å²) in [5.41, 5.74) is 2.37. The highest BCUT2D eigenvalue weighted by atomic mass is 19.1. The van der Waals surface area contributed by atoms with Crippen LogP contribution in [0.25, 0.3) is 0 Å². The first-order valence-electron chi connectivity index (χ1n) is 10.9. The summed E-state index contributed by atoms with van der Waals surface area (Å²) in [6, 6.07) is 23.0. The lowest BCUT2D eigenvalue weighted by atomic mass is 10.2. The van der Waals surface area contributed by atoms with Crippen molar-refractivity contribution in [3.8, 4) is 5.75 Å². The summed E-state index contributed by atoms with van der Waals surface area (Å²) in [7, 11) is 1.61. The van der Waals surface area contributed by atoms with Crippen LogP contribution in [0.4, 0.5) is 33.2 Å². The van der Waals surface area contributed by atoms with Gasteiger partial charge in [-0.3, -0.25) is 4.79 Å². The second-order valence-electron chi connectivity index (χ2n) is 7.41. The zero-order chi connectivity index (χ0) is 24.5. The molecule has 0 radical (unpaired) electrons. The van der Waals surface area contributed by atoms with Crippen LogP contribution in [0.1, 0.15) is 10.4 Å². The molecule has 1 heterocycles. The van der Waals surface area contributed by atoms with Gasteiger partial charge in [0.15, 0.2) is 11.6 Å². The van der Waals surface area contributed by atoms with Crippen molar-refractivity contribution < 1.29 is 18.7 Å². The van der Waals surface area contributed by atoms with Crippen LogP contribution in [0, 0.1) is 5.82 Å². The Bertz CT molecular complexity index is 1270. The van der Waals surface area contributed by atoms with Crippen LogP contribution >= 0.6 is 0 Å². The molecule has 0 unspecified atom stereocenters. The molecule has 1 aromatic heterocycles. The van der Waals surface area contributed by atoms with E-state index in [1.807, 2.05) is 6.07 Å². The first kappa shape index (κ1) is 23.7. The normalized spacial score (nSPS) is 10.5. The van der Waals surface area contributed by atoms with E-state index >= 15 is 0 Å². The number of amides is 1. The Morgan fingerprint density at radius 1 is 0.886 bits per heavy atom. The molecule has 0 saturated carbocycles. The van der Waals surface area contributed by atoms with Crippen LogP contribution < -0.4 is 20.7 Å².